The fraction of sp³-hybridized carbons (Fsp3) is 0.222. The van der Waals surface area contributed by atoms with Crippen LogP contribution in [0, 0.1) is 0 Å². The summed E-state index contributed by atoms with van der Waals surface area (Å²) >= 11 is 0. The Labute approximate surface area is 151 Å². The summed E-state index contributed by atoms with van der Waals surface area (Å²) in [5.74, 6) is -2.32. The van der Waals surface area contributed by atoms with Crippen LogP contribution in [0.4, 0.5) is 0 Å². The second kappa shape index (κ2) is 11.7. The summed E-state index contributed by atoms with van der Waals surface area (Å²) in [5, 5.41) is 25.6. The molecule has 0 spiro atoms. The fourth-order valence-corrected chi connectivity index (χ4v) is 2.33. The molecular weight excluding hydrogens is 340 g/mol. The Morgan fingerprint density at radius 2 is 0.962 bits per heavy atom. The van der Waals surface area contributed by atoms with E-state index in [1.54, 1.807) is 48.5 Å². The van der Waals surface area contributed by atoms with Crippen LogP contribution in [0.25, 0.3) is 0 Å². The molecule has 0 aliphatic rings. The summed E-state index contributed by atoms with van der Waals surface area (Å²) in [6.45, 7) is 3.45. The van der Waals surface area contributed by atoms with Gasteiger partial charge in [-0.1, -0.05) is 48.5 Å². The zero-order valence-corrected chi connectivity index (χ0v) is 14.2. The van der Waals surface area contributed by atoms with E-state index in [1.165, 1.54) is 0 Å². The normalized spacial score (nSPS) is 9.69. The van der Waals surface area contributed by atoms with Gasteiger partial charge in [0.1, 0.15) is 26.2 Å². The minimum absolute atomic E-state index is 0. The van der Waals surface area contributed by atoms with Crippen LogP contribution >= 0.6 is 0 Å². The third-order valence-electron chi connectivity index (χ3n) is 3.71. The minimum Gasteiger partial charge on any atom is -0.545 e. The predicted molar refractivity (Wildman–Crippen MR) is 89.8 cm³/mol. The molecule has 2 aromatic rings. The topological polar surface area (TPSA) is 176 Å². The minimum atomic E-state index is -1.16. The maximum absolute atomic E-state index is 10.7. The van der Waals surface area contributed by atoms with E-state index in [4.69, 9.17) is 0 Å². The van der Waals surface area contributed by atoms with Crippen molar-refractivity contribution < 1.29 is 41.4 Å². The van der Waals surface area contributed by atoms with E-state index in [9.17, 15) is 19.8 Å². The molecule has 142 valence electrons. The molecule has 0 atom stereocenters. The lowest BCUT2D eigenvalue weighted by atomic mass is 10.1. The number of aromatic carboxylic acids is 2. The van der Waals surface area contributed by atoms with Gasteiger partial charge >= 0.3 is 0 Å². The fourth-order valence-electron chi connectivity index (χ4n) is 2.33. The van der Waals surface area contributed by atoms with Crippen molar-refractivity contribution in [2.75, 3.05) is 13.1 Å². The van der Waals surface area contributed by atoms with E-state index in [0.717, 1.165) is 37.3 Å². The second-order valence-electron chi connectivity index (χ2n) is 5.53. The Balaban J connectivity index is 0.00000312. The molecule has 0 aliphatic carbocycles. The van der Waals surface area contributed by atoms with Gasteiger partial charge in [-0.15, -0.1) is 0 Å². The van der Waals surface area contributed by atoms with E-state index >= 15 is 0 Å². The van der Waals surface area contributed by atoms with Crippen molar-refractivity contribution in [2.45, 2.75) is 13.1 Å². The molecule has 26 heavy (non-hydrogen) atoms. The lowest BCUT2D eigenvalue weighted by molar-refractivity contribution is -0.738. The molecule has 0 unspecified atom stereocenters. The van der Waals surface area contributed by atoms with Crippen molar-refractivity contribution in [3.05, 3.63) is 70.8 Å². The lowest BCUT2D eigenvalue weighted by Gasteiger charge is -2.06. The molecule has 8 heteroatoms. The molecule has 2 aromatic carbocycles. The summed E-state index contributed by atoms with van der Waals surface area (Å²) in [6.07, 6.45) is 0. The molecule has 0 aromatic heterocycles. The number of carboxylic acids is 2. The Hall–Kier alpha value is -2.78. The molecule has 0 heterocycles. The Morgan fingerprint density at radius 1 is 0.654 bits per heavy atom. The first-order valence-electron chi connectivity index (χ1n) is 7.80. The van der Waals surface area contributed by atoms with Crippen molar-refractivity contribution >= 4 is 11.9 Å². The molecule has 0 fully saturated rings. The van der Waals surface area contributed by atoms with Gasteiger partial charge in [-0.3, -0.25) is 0 Å². The molecule has 2 rings (SSSR count). The van der Waals surface area contributed by atoms with Crippen molar-refractivity contribution in [1.82, 2.24) is 0 Å². The van der Waals surface area contributed by atoms with Crippen LogP contribution in [0.3, 0.4) is 0 Å². The molecule has 0 saturated carbocycles. The van der Waals surface area contributed by atoms with Gasteiger partial charge in [0.05, 0.1) is 11.9 Å². The number of nitrogens with two attached hydrogens (primary N) is 2. The van der Waals surface area contributed by atoms with E-state index in [-0.39, 0.29) is 22.1 Å². The van der Waals surface area contributed by atoms with Crippen LogP contribution in [0.5, 0.6) is 0 Å². The van der Waals surface area contributed by atoms with Gasteiger partial charge in [-0.05, 0) is 11.1 Å². The number of hydrogen-bond donors (Lipinski definition) is 2. The maximum atomic E-state index is 10.7. The average Bonchev–Trinajstić information content (AvgIpc) is 2.58. The van der Waals surface area contributed by atoms with Crippen molar-refractivity contribution in [3.63, 3.8) is 0 Å². The van der Waals surface area contributed by atoms with Gasteiger partial charge in [-0.2, -0.15) is 0 Å². The smallest absolute Gasteiger partial charge is 0.125 e. The highest BCUT2D eigenvalue weighted by molar-refractivity contribution is 5.86. The zero-order valence-electron chi connectivity index (χ0n) is 14.2. The molecule has 8 N–H and O–H groups in total. The van der Waals surface area contributed by atoms with Crippen LogP contribution in [0.2, 0.25) is 0 Å². The van der Waals surface area contributed by atoms with Crippen molar-refractivity contribution in [1.29, 1.82) is 0 Å². The van der Waals surface area contributed by atoms with E-state index in [2.05, 4.69) is 10.6 Å². The molecule has 0 amide bonds. The highest BCUT2D eigenvalue weighted by Gasteiger charge is 2.00. The first-order valence-corrected chi connectivity index (χ1v) is 7.80. The SMILES string of the molecule is O.O.O=C([O-])c1ccc(C[NH2+]CC[NH2+]Cc2ccc(C(=O)[O-])cc2)cc1. The Kier molecular flexibility index (Phi) is 10.5. The maximum Gasteiger partial charge on any atom is 0.125 e. The molecule has 0 bridgehead atoms. The van der Waals surface area contributed by atoms with E-state index in [1.807, 2.05) is 0 Å². The third kappa shape index (κ3) is 7.41. The lowest BCUT2D eigenvalue weighted by Crippen LogP contribution is -2.93. The number of carboxylic acid groups (broad SMARTS) is 2. The quantitative estimate of drug-likeness (QED) is 0.427. The molecular formula is C18H24N2O6. The summed E-state index contributed by atoms with van der Waals surface area (Å²) in [7, 11) is 0. The van der Waals surface area contributed by atoms with Gasteiger partial charge in [0.2, 0.25) is 0 Å². The molecule has 8 nitrogen and oxygen atoms in total. The van der Waals surface area contributed by atoms with Crippen LogP contribution in [-0.2, 0) is 13.1 Å². The largest absolute Gasteiger partial charge is 0.545 e. The van der Waals surface area contributed by atoms with E-state index < -0.39 is 11.9 Å². The van der Waals surface area contributed by atoms with Gasteiger partial charge in [0, 0.05) is 11.1 Å². The number of quaternary nitrogens is 2. The Bertz CT molecular complexity index is 624. The highest BCUT2D eigenvalue weighted by atomic mass is 16.4. The molecule has 0 aliphatic heterocycles. The van der Waals surface area contributed by atoms with Gasteiger partial charge < -0.3 is 41.4 Å². The van der Waals surface area contributed by atoms with Crippen LogP contribution in [0.15, 0.2) is 48.5 Å². The first kappa shape index (κ1) is 23.2. The van der Waals surface area contributed by atoms with Crippen LogP contribution in [0.1, 0.15) is 31.8 Å². The monoisotopic (exact) mass is 364 g/mol. The van der Waals surface area contributed by atoms with Crippen LogP contribution in [-0.4, -0.2) is 36.0 Å². The van der Waals surface area contributed by atoms with E-state index in [0.29, 0.717) is 0 Å². The Morgan fingerprint density at radius 3 is 1.23 bits per heavy atom. The number of carbonyl (C=O) groups is 2. The number of rotatable bonds is 9. The molecule has 0 saturated heterocycles. The van der Waals surface area contributed by atoms with Gasteiger partial charge in [0.25, 0.3) is 0 Å². The first-order chi connectivity index (χ1) is 11.6. The van der Waals surface area contributed by atoms with Gasteiger partial charge in [-0.25, -0.2) is 0 Å². The van der Waals surface area contributed by atoms with Crippen LogP contribution < -0.4 is 20.8 Å². The average molecular weight is 364 g/mol. The van der Waals surface area contributed by atoms with Gasteiger partial charge in [0.15, 0.2) is 0 Å². The summed E-state index contributed by atoms with van der Waals surface area (Å²) in [5.41, 5.74) is 2.52. The van der Waals surface area contributed by atoms with Crippen molar-refractivity contribution in [3.8, 4) is 0 Å². The zero-order chi connectivity index (χ0) is 17.4. The summed E-state index contributed by atoms with van der Waals surface area (Å²) in [6, 6.07) is 13.4. The third-order valence-corrected chi connectivity index (χ3v) is 3.71. The standard InChI is InChI=1S/C18H20N2O4.2H2O/c21-17(22)15-5-1-13(2-6-15)11-19-9-10-20-12-14-3-7-16(8-4-14)18(23)24;;/h1-8,19-20H,9-12H2,(H,21,22)(H,23,24);2*1H2. The highest BCUT2D eigenvalue weighted by Crippen LogP contribution is 2.02. The second-order valence-corrected chi connectivity index (χ2v) is 5.53. The number of hydrogen-bond acceptors (Lipinski definition) is 4. The van der Waals surface area contributed by atoms with Crippen molar-refractivity contribution in [2.24, 2.45) is 0 Å². The summed E-state index contributed by atoms with van der Waals surface area (Å²) in [4.78, 5) is 21.3. The number of carbonyl (C=O) groups excluding carboxylic acids is 2. The predicted octanol–water partition coefficient (Wildman–Crippen LogP) is -4.41. The number of benzene rings is 2. The summed E-state index contributed by atoms with van der Waals surface area (Å²) < 4.78 is 0. The molecule has 0 radical (unpaired) electrons.